The maximum atomic E-state index is 8.77. The van der Waals surface area contributed by atoms with Crippen LogP contribution in [0.25, 0.3) is 0 Å². The summed E-state index contributed by atoms with van der Waals surface area (Å²) in [6.07, 6.45) is -2.61. The number of ether oxygens (including phenoxy) is 2. The molecule has 2 unspecified atom stereocenters. The molecule has 0 aliphatic carbocycles. The predicted molar refractivity (Wildman–Crippen MR) is 50.1 cm³/mol. The fourth-order valence-corrected chi connectivity index (χ4v) is 0.473. The summed E-state index contributed by atoms with van der Waals surface area (Å²) in [5.74, 6) is 0. The Bertz CT molecular complexity index is 137. The number of carbonyl (C=O) groups is 1. The largest absolute Gasteiger partial charge is 2.00 e. The predicted octanol–water partition coefficient (Wildman–Crippen LogP) is -2.41. The molecule has 86 valence electrons. The van der Waals surface area contributed by atoms with Crippen LogP contribution in [0.15, 0.2) is 0 Å². The molecule has 0 radical (unpaired) electrons. The van der Waals surface area contributed by atoms with Gasteiger partial charge in [0.1, 0.15) is 0 Å². The summed E-state index contributed by atoms with van der Waals surface area (Å²) < 4.78 is 10.00. The van der Waals surface area contributed by atoms with E-state index in [0.29, 0.717) is 13.2 Å². The van der Waals surface area contributed by atoms with Gasteiger partial charge in [-0.05, 0) is 20.0 Å². The van der Waals surface area contributed by atoms with Gasteiger partial charge in [-0.25, -0.2) is 0 Å². The van der Waals surface area contributed by atoms with Crippen molar-refractivity contribution in [2.75, 3.05) is 20.3 Å². The number of rotatable bonds is 5. The van der Waals surface area contributed by atoms with Gasteiger partial charge in [-0.2, -0.15) is 0 Å². The fraction of sp³-hybridized carbons (Fsp3) is 0.875. The van der Waals surface area contributed by atoms with Crippen molar-refractivity contribution >= 4 is 43.9 Å². The van der Waals surface area contributed by atoms with Gasteiger partial charge in [-0.1, -0.05) is 0 Å². The van der Waals surface area contributed by atoms with Crippen molar-refractivity contribution in [3.8, 4) is 0 Å². The number of hydrogen-bond donors (Lipinski definition) is 1. The molecule has 0 aliphatic rings. The van der Waals surface area contributed by atoms with Crippen molar-refractivity contribution < 1.29 is 29.6 Å². The quantitative estimate of drug-likeness (QED) is 0.544. The molecule has 0 spiro atoms. The van der Waals surface area contributed by atoms with E-state index < -0.39 is 6.16 Å². The second-order valence-corrected chi connectivity index (χ2v) is 2.68. The summed E-state index contributed by atoms with van der Waals surface area (Å²) in [4.78, 5) is 8.33. The van der Waals surface area contributed by atoms with Crippen molar-refractivity contribution in [3.05, 3.63) is 0 Å². The van der Waals surface area contributed by atoms with Gasteiger partial charge in [0.25, 0.3) is 0 Å². The van der Waals surface area contributed by atoms with Crippen molar-refractivity contribution in [2.24, 2.45) is 0 Å². The molecule has 0 saturated heterocycles. The first kappa shape index (κ1) is 20.8. The zero-order valence-corrected chi connectivity index (χ0v) is 11.5. The van der Waals surface area contributed by atoms with Crippen LogP contribution in [0.2, 0.25) is 0 Å². The third-order valence-electron chi connectivity index (χ3n) is 1.11. The minimum atomic E-state index is -2.33. The summed E-state index contributed by atoms with van der Waals surface area (Å²) in [7, 11) is 1.64. The van der Waals surface area contributed by atoms with Gasteiger partial charge >= 0.3 is 37.7 Å². The minimum Gasteiger partial charge on any atom is -0.652 e. The molecule has 7 heteroatoms. The summed E-state index contributed by atoms with van der Waals surface area (Å²) in [5.41, 5.74) is 0. The molecule has 0 rings (SSSR count). The van der Waals surface area contributed by atoms with E-state index in [1.807, 2.05) is 6.92 Å². The molecule has 0 saturated carbocycles. The van der Waals surface area contributed by atoms with Crippen molar-refractivity contribution in [3.63, 3.8) is 0 Å². The molecule has 0 aromatic rings. The molecule has 0 fully saturated rings. The van der Waals surface area contributed by atoms with Crippen molar-refractivity contribution in [1.82, 2.24) is 0 Å². The van der Waals surface area contributed by atoms with Crippen LogP contribution in [0, 0.1) is 0 Å². The van der Waals surface area contributed by atoms with Crippen molar-refractivity contribution in [1.29, 1.82) is 0 Å². The average molecular weight is 248 g/mol. The van der Waals surface area contributed by atoms with E-state index in [4.69, 9.17) is 29.6 Å². The number of aliphatic hydroxyl groups excluding tert-OH is 1. The van der Waals surface area contributed by atoms with E-state index in [1.54, 1.807) is 14.0 Å². The summed E-state index contributed by atoms with van der Waals surface area (Å²) in [6.45, 7) is 4.54. The van der Waals surface area contributed by atoms with Crippen LogP contribution in [0.5, 0.6) is 0 Å². The van der Waals surface area contributed by atoms with Crippen LogP contribution in [-0.4, -0.2) is 81.5 Å². The van der Waals surface area contributed by atoms with E-state index in [0.717, 1.165) is 0 Å². The molecular formula is C8H16CaO6. The van der Waals surface area contributed by atoms with Crippen LogP contribution in [0.3, 0.4) is 0 Å². The van der Waals surface area contributed by atoms with Gasteiger partial charge < -0.3 is 29.6 Å². The van der Waals surface area contributed by atoms with Gasteiger partial charge in [0.15, 0.2) is 0 Å². The standard InChI is InChI=1S/C7H16O3.CH2O3.Ca/c1-6(8)4-10-5-7(2)9-3;2-1(3)4;/h6-8H,4-5H2,1-3H3;(H2,2,3,4);/q;;+2/p-2. The van der Waals surface area contributed by atoms with Crippen LogP contribution in [0.4, 0.5) is 4.79 Å². The van der Waals surface area contributed by atoms with Gasteiger partial charge in [0, 0.05) is 7.11 Å². The maximum absolute atomic E-state index is 8.77. The normalized spacial score (nSPS) is 12.8. The van der Waals surface area contributed by atoms with Crippen LogP contribution in [-0.2, 0) is 9.47 Å². The summed E-state index contributed by atoms with van der Waals surface area (Å²) in [5, 5.41) is 25.4. The van der Waals surface area contributed by atoms with Crippen LogP contribution >= 0.6 is 0 Å². The van der Waals surface area contributed by atoms with E-state index in [9.17, 15) is 0 Å². The molecule has 1 N–H and O–H groups in total. The third-order valence-corrected chi connectivity index (χ3v) is 1.11. The molecule has 2 atom stereocenters. The Morgan fingerprint density at radius 1 is 1.33 bits per heavy atom. The molecule has 15 heavy (non-hydrogen) atoms. The van der Waals surface area contributed by atoms with Gasteiger partial charge in [0.2, 0.25) is 0 Å². The summed E-state index contributed by atoms with van der Waals surface area (Å²) >= 11 is 0. The average Bonchev–Trinajstić information content (AvgIpc) is 2.02. The third kappa shape index (κ3) is 31.4. The van der Waals surface area contributed by atoms with Gasteiger partial charge in [0.05, 0.1) is 25.4 Å². The van der Waals surface area contributed by atoms with Crippen LogP contribution < -0.4 is 10.2 Å². The Kier molecular flexibility index (Phi) is 20.0. The van der Waals surface area contributed by atoms with Crippen molar-refractivity contribution in [2.45, 2.75) is 26.1 Å². The number of hydrogen-bond acceptors (Lipinski definition) is 6. The zero-order valence-electron chi connectivity index (χ0n) is 9.26. The number of carboxylic acid groups (broad SMARTS) is 2. The van der Waals surface area contributed by atoms with E-state index in [2.05, 4.69) is 0 Å². The van der Waals surface area contributed by atoms with Gasteiger partial charge in [-0.3, -0.25) is 0 Å². The first-order valence-corrected chi connectivity index (χ1v) is 4.06. The SMILES string of the molecule is COC(C)COCC(C)O.O=C([O-])[O-].[Ca+2]. The van der Waals surface area contributed by atoms with E-state index >= 15 is 0 Å². The molecule has 0 bridgehead atoms. The number of methoxy groups -OCH3 is 1. The molecular weight excluding hydrogens is 232 g/mol. The first-order chi connectivity index (χ1) is 6.40. The molecule has 0 aromatic heterocycles. The van der Waals surface area contributed by atoms with Gasteiger partial charge in [-0.15, -0.1) is 0 Å². The zero-order chi connectivity index (χ0) is 11.6. The van der Waals surface area contributed by atoms with E-state index in [1.165, 1.54) is 0 Å². The monoisotopic (exact) mass is 248 g/mol. The molecule has 0 aliphatic heterocycles. The topological polar surface area (TPSA) is 102 Å². The number of aliphatic hydroxyl groups is 1. The maximum Gasteiger partial charge on any atom is 2.00 e. The Morgan fingerprint density at radius 3 is 2.00 bits per heavy atom. The molecule has 0 amide bonds. The molecule has 6 nitrogen and oxygen atoms in total. The first-order valence-electron chi connectivity index (χ1n) is 4.06. The molecule has 0 heterocycles. The smallest absolute Gasteiger partial charge is 0.652 e. The minimum absolute atomic E-state index is 0. The van der Waals surface area contributed by atoms with E-state index in [-0.39, 0.29) is 49.9 Å². The Labute approximate surface area is 119 Å². The second-order valence-electron chi connectivity index (χ2n) is 2.68. The number of carbonyl (C=O) groups excluding carboxylic acids is 1. The molecule has 0 aromatic carbocycles. The summed E-state index contributed by atoms with van der Waals surface area (Å²) in [6, 6.07) is 0. The van der Waals surface area contributed by atoms with Crippen LogP contribution in [0.1, 0.15) is 13.8 Å². The fourth-order valence-electron chi connectivity index (χ4n) is 0.473. The second kappa shape index (κ2) is 14.4. The Hall–Kier alpha value is 0.410. The Morgan fingerprint density at radius 2 is 1.73 bits per heavy atom. The Balaban J connectivity index is -0.000000249.